The second-order valence-corrected chi connectivity index (χ2v) is 4.77. The predicted octanol–water partition coefficient (Wildman–Crippen LogP) is 3.68. The zero-order valence-electron chi connectivity index (χ0n) is 11.3. The third kappa shape index (κ3) is 8.91. The van der Waals surface area contributed by atoms with Gasteiger partial charge in [-0.3, -0.25) is 4.99 Å². The van der Waals surface area contributed by atoms with E-state index in [0.717, 1.165) is 12.2 Å². The quantitative estimate of drug-likeness (QED) is 0.310. The zero-order valence-corrected chi connectivity index (χ0v) is 14.5. The van der Waals surface area contributed by atoms with Gasteiger partial charge < -0.3 is 15.8 Å². The normalized spacial score (nSPS) is 11.7. The molecule has 0 atom stereocenters. The lowest BCUT2D eigenvalue weighted by molar-refractivity contribution is -0.274. The average molecular weight is 435 g/mol. The molecule has 0 spiro atoms. The van der Waals surface area contributed by atoms with Crippen molar-refractivity contribution in [2.24, 2.45) is 10.7 Å². The minimum absolute atomic E-state index is 0. The molecule has 0 aromatic heterocycles. The second-order valence-electron chi connectivity index (χ2n) is 3.78. The lowest BCUT2D eigenvalue weighted by Crippen LogP contribution is -2.24. The highest BCUT2D eigenvalue weighted by Crippen LogP contribution is 2.29. The summed E-state index contributed by atoms with van der Waals surface area (Å²) in [5, 5.41) is 2.61. The van der Waals surface area contributed by atoms with Crippen molar-refractivity contribution in [2.45, 2.75) is 12.8 Å². The zero-order chi connectivity index (χ0) is 15.0. The van der Waals surface area contributed by atoms with Crippen molar-refractivity contribution in [1.29, 1.82) is 0 Å². The van der Waals surface area contributed by atoms with E-state index in [9.17, 15) is 13.2 Å². The molecule has 3 N–H and O–H groups in total. The number of anilines is 1. The Bertz CT molecular complexity index is 458. The predicted molar refractivity (Wildman–Crippen MR) is 91.7 cm³/mol. The number of alkyl halides is 3. The molecule has 0 aliphatic rings. The smallest absolute Gasteiger partial charge is 0.404 e. The van der Waals surface area contributed by atoms with Crippen molar-refractivity contribution in [3.05, 3.63) is 24.3 Å². The molecule has 0 saturated carbocycles. The van der Waals surface area contributed by atoms with Gasteiger partial charge in [0.25, 0.3) is 0 Å². The summed E-state index contributed by atoms with van der Waals surface area (Å²) in [7, 11) is 0. The molecule has 0 unspecified atom stereocenters. The molecule has 120 valence electrons. The number of ether oxygens (including phenoxy) is 1. The summed E-state index contributed by atoms with van der Waals surface area (Å²) in [5.41, 5.74) is 5.74. The van der Waals surface area contributed by atoms with Gasteiger partial charge in [-0.1, -0.05) is 12.1 Å². The maximum absolute atomic E-state index is 12.2. The van der Waals surface area contributed by atoms with E-state index in [0.29, 0.717) is 6.54 Å². The first-order chi connectivity index (χ1) is 9.42. The summed E-state index contributed by atoms with van der Waals surface area (Å²) in [6, 6.07) is 5.66. The monoisotopic (exact) mass is 435 g/mol. The number of nitrogens with two attached hydrogens (primary N) is 1. The van der Waals surface area contributed by atoms with Crippen LogP contribution in [0.1, 0.15) is 6.42 Å². The van der Waals surface area contributed by atoms with Crippen LogP contribution in [0.25, 0.3) is 0 Å². The van der Waals surface area contributed by atoms with Crippen molar-refractivity contribution in [3.63, 3.8) is 0 Å². The van der Waals surface area contributed by atoms with Gasteiger partial charge in [0.2, 0.25) is 0 Å². The maximum Gasteiger partial charge on any atom is 0.573 e. The molecule has 4 nitrogen and oxygen atoms in total. The van der Waals surface area contributed by atoms with E-state index in [4.69, 9.17) is 5.73 Å². The number of thioether (sulfide) groups is 1. The van der Waals surface area contributed by atoms with Gasteiger partial charge in [0.1, 0.15) is 0 Å². The Labute approximate surface area is 142 Å². The SMILES string of the molecule is CSCCCN=C(N)Nc1ccccc1OC(F)(F)F.I. The van der Waals surface area contributed by atoms with Crippen LogP contribution in [0.5, 0.6) is 5.75 Å². The molecule has 0 radical (unpaired) electrons. The van der Waals surface area contributed by atoms with Crippen LogP contribution in [0.15, 0.2) is 29.3 Å². The van der Waals surface area contributed by atoms with Crippen molar-refractivity contribution in [1.82, 2.24) is 0 Å². The second kappa shape index (κ2) is 9.98. The highest BCUT2D eigenvalue weighted by molar-refractivity contribution is 14.0. The summed E-state index contributed by atoms with van der Waals surface area (Å²) in [6.45, 7) is 0.516. The van der Waals surface area contributed by atoms with Gasteiger partial charge in [-0.15, -0.1) is 37.1 Å². The molecular weight excluding hydrogens is 418 g/mol. The van der Waals surface area contributed by atoms with Crippen LogP contribution in [0, 0.1) is 0 Å². The highest BCUT2D eigenvalue weighted by Gasteiger charge is 2.32. The van der Waals surface area contributed by atoms with Gasteiger partial charge >= 0.3 is 6.36 Å². The van der Waals surface area contributed by atoms with E-state index in [1.165, 1.54) is 18.2 Å². The first-order valence-corrected chi connectivity index (χ1v) is 7.22. The number of rotatable bonds is 6. The molecule has 0 fully saturated rings. The first-order valence-electron chi connectivity index (χ1n) is 5.83. The van der Waals surface area contributed by atoms with Crippen LogP contribution < -0.4 is 15.8 Å². The lowest BCUT2D eigenvalue weighted by Gasteiger charge is -2.14. The molecule has 21 heavy (non-hydrogen) atoms. The molecule has 9 heteroatoms. The molecule has 1 aromatic carbocycles. The number of hydrogen-bond acceptors (Lipinski definition) is 3. The first kappa shape index (κ1) is 20.2. The van der Waals surface area contributed by atoms with Gasteiger partial charge in [-0.25, -0.2) is 0 Å². The van der Waals surface area contributed by atoms with E-state index < -0.39 is 6.36 Å². The molecule has 0 aliphatic carbocycles. The van der Waals surface area contributed by atoms with E-state index >= 15 is 0 Å². The molecule has 1 aromatic rings. The van der Waals surface area contributed by atoms with E-state index in [2.05, 4.69) is 15.0 Å². The minimum Gasteiger partial charge on any atom is -0.404 e. The van der Waals surface area contributed by atoms with Gasteiger partial charge in [0.15, 0.2) is 11.7 Å². The standard InChI is InChI=1S/C12H16F3N3OS.HI/c1-20-8-4-7-17-11(16)18-9-5-2-3-6-10(9)19-12(13,14)15;/h2-3,5-6H,4,7-8H2,1H3,(H3,16,17,18);1H. The molecule has 0 heterocycles. The van der Waals surface area contributed by atoms with Crippen LogP contribution in [0.3, 0.4) is 0 Å². The van der Waals surface area contributed by atoms with Gasteiger partial charge in [0.05, 0.1) is 5.69 Å². The number of aliphatic imine (C=N–C) groups is 1. The van der Waals surface area contributed by atoms with Crippen molar-refractivity contribution in [3.8, 4) is 5.75 Å². The van der Waals surface area contributed by atoms with Gasteiger partial charge in [-0.05, 0) is 30.6 Å². The van der Waals surface area contributed by atoms with Crippen LogP contribution in [0.2, 0.25) is 0 Å². The summed E-state index contributed by atoms with van der Waals surface area (Å²) in [4.78, 5) is 4.03. The Morgan fingerprint density at radius 3 is 2.67 bits per heavy atom. The van der Waals surface area contributed by atoms with E-state index in [1.807, 2.05) is 6.26 Å². The maximum atomic E-state index is 12.2. The fraction of sp³-hybridized carbons (Fsp3) is 0.417. The number of nitrogens with one attached hydrogen (secondary N) is 1. The lowest BCUT2D eigenvalue weighted by atomic mass is 10.3. The molecule has 0 bridgehead atoms. The van der Waals surface area contributed by atoms with Crippen LogP contribution in [-0.2, 0) is 0 Å². The van der Waals surface area contributed by atoms with Crippen molar-refractivity contribution < 1.29 is 17.9 Å². The Kier molecular flexibility index (Phi) is 9.58. The van der Waals surface area contributed by atoms with Gasteiger partial charge in [0, 0.05) is 6.54 Å². The molecule has 0 aliphatic heterocycles. The topological polar surface area (TPSA) is 59.6 Å². The Morgan fingerprint density at radius 2 is 2.05 bits per heavy atom. The Balaban J connectivity index is 0.00000400. The molecule has 0 amide bonds. The van der Waals surface area contributed by atoms with Crippen molar-refractivity contribution >= 4 is 47.4 Å². The number of para-hydroxylation sites is 2. The van der Waals surface area contributed by atoms with Gasteiger partial charge in [-0.2, -0.15) is 11.8 Å². The van der Waals surface area contributed by atoms with Crippen LogP contribution in [-0.4, -0.2) is 30.9 Å². The Hall–Kier alpha value is -0.840. The summed E-state index contributed by atoms with van der Waals surface area (Å²) in [5.74, 6) is 0.663. The molecular formula is C12H17F3IN3OS. The largest absolute Gasteiger partial charge is 0.573 e. The fourth-order valence-electron chi connectivity index (χ4n) is 1.37. The fourth-order valence-corrected chi connectivity index (χ4v) is 1.79. The molecule has 0 saturated heterocycles. The summed E-state index contributed by atoms with van der Waals surface area (Å²) in [6.07, 6.45) is -1.91. The third-order valence-corrected chi connectivity index (χ3v) is 2.86. The summed E-state index contributed by atoms with van der Waals surface area (Å²) < 4.78 is 40.6. The number of halogens is 4. The minimum atomic E-state index is -4.75. The summed E-state index contributed by atoms with van der Waals surface area (Å²) >= 11 is 1.69. The third-order valence-electron chi connectivity index (χ3n) is 2.16. The number of nitrogens with zero attached hydrogens (tertiary/aromatic N) is 1. The highest BCUT2D eigenvalue weighted by atomic mass is 127. The van der Waals surface area contributed by atoms with E-state index in [-0.39, 0.29) is 41.4 Å². The van der Waals surface area contributed by atoms with E-state index in [1.54, 1.807) is 17.8 Å². The van der Waals surface area contributed by atoms with Crippen LogP contribution in [0.4, 0.5) is 18.9 Å². The number of guanidine groups is 1. The number of hydrogen-bond donors (Lipinski definition) is 2. The van der Waals surface area contributed by atoms with Crippen molar-refractivity contribution in [2.75, 3.05) is 23.9 Å². The average Bonchev–Trinajstić information content (AvgIpc) is 2.35. The number of benzene rings is 1. The van der Waals surface area contributed by atoms with Crippen LogP contribution >= 0.6 is 35.7 Å². The Morgan fingerprint density at radius 1 is 1.38 bits per heavy atom. The molecule has 1 rings (SSSR count).